The third kappa shape index (κ3) is 4.28. The van der Waals surface area contributed by atoms with Gasteiger partial charge in [0.1, 0.15) is 6.54 Å². The van der Waals surface area contributed by atoms with E-state index in [0.29, 0.717) is 31.0 Å². The van der Waals surface area contributed by atoms with E-state index in [2.05, 4.69) is 5.32 Å². The first-order valence-corrected chi connectivity index (χ1v) is 6.18. The number of aliphatic carboxylic acids is 1. The van der Waals surface area contributed by atoms with Gasteiger partial charge in [0.05, 0.1) is 0 Å². The van der Waals surface area contributed by atoms with Crippen molar-refractivity contribution in [2.24, 2.45) is 0 Å². The van der Waals surface area contributed by atoms with Crippen LogP contribution in [-0.2, 0) is 15.6 Å². The number of rotatable bonds is 2. The summed E-state index contributed by atoms with van der Waals surface area (Å²) in [7, 11) is -0.846. The Morgan fingerprint density at radius 2 is 2.07 bits per heavy atom. The lowest BCUT2D eigenvalue weighted by atomic mass is 10.4. The average Bonchev–Trinajstić information content (AvgIpc) is 2.39. The van der Waals surface area contributed by atoms with E-state index < -0.39 is 22.8 Å². The molecule has 15 heavy (non-hydrogen) atoms. The first kappa shape index (κ1) is 12.0. The highest BCUT2D eigenvalue weighted by atomic mass is 32.2. The van der Waals surface area contributed by atoms with E-state index in [1.54, 1.807) is 0 Å². The number of carboxylic acid groups (broad SMARTS) is 1. The lowest BCUT2D eigenvalue weighted by Crippen LogP contribution is -2.43. The summed E-state index contributed by atoms with van der Waals surface area (Å²) in [5.74, 6) is 0.0187. The van der Waals surface area contributed by atoms with Gasteiger partial charge in [-0.25, -0.2) is 4.79 Å². The van der Waals surface area contributed by atoms with Crippen LogP contribution >= 0.6 is 0 Å². The van der Waals surface area contributed by atoms with Crippen molar-refractivity contribution < 1.29 is 18.9 Å². The van der Waals surface area contributed by atoms with E-state index in [-0.39, 0.29) is 6.54 Å². The monoisotopic (exact) mass is 234 g/mol. The van der Waals surface area contributed by atoms with Gasteiger partial charge in [-0.05, 0) is 6.42 Å². The maximum Gasteiger partial charge on any atom is 0.323 e. The topological polar surface area (TPSA) is 86.7 Å². The molecule has 7 heteroatoms. The molecule has 1 aliphatic rings. The number of hydrogen-bond acceptors (Lipinski definition) is 3. The molecular weight excluding hydrogens is 220 g/mol. The molecule has 0 aliphatic carbocycles. The molecule has 1 unspecified atom stereocenters. The van der Waals surface area contributed by atoms with Crippen molar-refractivity contribution in [1.82, 2.24) is 10.2 Å². The Bertz CT molecular complexity index is 282. The molecule has 2 amide bonds. The lowest BCUT2D eigenvalue weighted by Gasteiger charge is -2.19. The quantitative estimate of drug-likeness (QED) is 0.657. The van der Waals surface area contributed by atoms with Gasteiger partial charge in [0.25, 0.3) is 0 Å². The van der Waals surface area contributed by atoms with Crippen molar-refractivity contribution in [3.05, 3.63) is 0 Å². The largest absolute Gasteiger partial charge is 0.480 e. The minimum absolute atomic E-state index is 0.377. The average molecular weight is 234 g/mol. The van der Waals surface area contributed by atoms with E-state index in [1.165, 1.54) is 4.90 Å². The van der Waals surface area contributed by atoms with Gasteiger partial charge in [0, 0.05) is 35.4 Å². The molecule has 1 heterocycles. The van der Waals surface area contributed by atoms with Gasteiger partial charge in [0.2, 0.25) is 0 Å². The summed E-state index contributed by atoms with van der Waals surface area (Å²) in [5.41, 5.74) is 0. The van der Waals surface area contributed by atoms with Crippen molar-refractivity contribution in [1.29, 1.82) is 0 Å². The Morgan fingerprint density at radius 3 is 2.73 bits per heavy atom. The summed E-state index contributed by atoms with van der Waals surface area (Å²) >= 11 is 0. The number of carbonyl (C=O) groups is 2. The van der Waals surface area contributed by atoms with Crippen molar-refractivity contribution >= 4 is 22.8 Å². The van der Waals surface area contributed by atoms with Crippen LogP contribution in [0, 0.1) is 0 Å². The molecule has 1 saturated heterocycles. The van der Waals surface area contributed by atoms with Crippen molar-refractivity contribution in [2.45, 2.75) is 6.42 Å². The summed E-state index contributed by atoms with van der Waals surface area (Å²) in [5, 5.41) is 10.7. The molecule has 6 nitrogen and oxygen atoms in total. The van der Waals surface area contributed by atoms with Gasteiger partial charge < -0.3 is 15.3 Å². The zero-order chi connectivity index (χ0) is 11.3. The predicted octanol–water partition coefficient (Wildman–Crippen LogP) is -0.765. The molecule has 1 atom stereocenters. The molecule has 0 aromatic carbocycles. The molecule has 0 aromatic heterocycles. The van der Waals surface area contributed by atoms with Crippen LogP contribution < -0.4 is 5.32 Å². The maximum atomic E-state index is 11.4. The number of carboxylic acids is 1. The van der Waals surface area contributed by atoms with Crippen LogP contribution in [-0.4, -0.2) is 57.4 Å². The SMILES string of the molecule is O=C(O)CNC(=O)N1CCCS(=O)CC1. The van der Waals surface area contributed by atoms with Crippen molar-refractivity contribution in [3.63, 3.8) is 0 Å². The second kappa shape index (κ2) is 5.69. The smallest absolute Gasteiger partial charge is 0.323 e. The molecule has 86 valence electrons. The van der Waals surface area contributed by atoms with E-state index in [0.717, 1.165) is 0 Å². The number of hydrogen-bond donors (Lipinski definition) is 2. The highest BCUT2D eigenvalue weighted by Crippen LogP contribution is 2.01. The third-order valence-corrected chi connectivity index (χ3v) is 3.45. The van der Waals surface area contributed by atoms with Crippen LogP contribution in [0.1, 0.15) is 6.42 Å². The number of carbonyl (C=O) groups excluding carboxylic acids is 1. The molecule has 0 radical (unpaired) electrons. The fraction of sp³-hybridized carbons (Fsp3) is 0.750. The van der Waals surface area contributed by atoms with Gasteiger partial charge in [-0.3, -0.25) is 9.00 Å². The minimum atomic E-state index is -1.07. The molecule has 1 fully saturated rings. The number of urea groups is 1. The number of amides is 2. The highest BCUT2D eigenvalue weighted by molar-refractivity contribution is 7.85. The molecule has 0 bridgehead atoms. The van der Waals surface area contributed by atoms with Crippen molar-refractivity contribution in [2.75, 3.05) is 31.1 Å². The van der Waals surface area contributed by atoms with Crippen LogP contribution in [0.15, 0.2) is 0 Å². The Morgan fingerprint density at radius 1 is 1.33 bits per heavy atom. The second-order valence-electron chi connectivity index (χ2n) is 3.24. The number of nitrogens with zero attached hydrogens (tertiary/aromatic N) is 1. The summed E-state index contributed by atoms with van der Waals surface area (Å²) < 4.78 is 11.2. The minimum Gasteiger partial charge on any atom is -0.480 e. The van der Waals surface area contributed by atoms with E-state index in [1.807, 2.05) is 0 Å². The predicted molar refractivity (Wildman–Crippen MR) is 55.1 cm³/mol. The summed E-state index contributed by atoms with van der Waals surface area (Å²) in [6.45, 7) is 0.591. The summed E-state index contributed by atoms with van der Waals surface area (Å²) in [6, 6.07) is -0.392. The van der Waals surface area contributed by atoms with Crippen LogP contribution in [0.5, 0.6) is 0 Å². The molecule has 0 aromatic rings. The Hall–Kier alpha value is -1.11. The van der Waals surface area contributed by atoms with Gasteiger partial charge in [-0.1, -0.05) is 0 Å². The van der Waals surface area contributed by atoms with Crippen LogP contribution in [0.2, 0.25) is 0 Å². The normalized spacial score (nSPS) is 21.9. The summed E-state index contributed by atoms with van der Waals surface area (Å²) in [4.78, 5) is 23.1. The fourth-order valence-corrected chi connectivity index (χ4v) is 2.39. The van der Waals surface area contributed by atoms with Gasteiger partial charge in [-0.2, -0.15) is 0 Å². The summed E-state index contributed by atoms with van der Waals surface area (Å²) in [6.07, 6.45) is 0.701. The van der Waals surface area contributed by atoms with Gasteiger partial charge in [-0.15, -0.1) is 0 Å². The zero-order valence-corrected chi connectivity index (χ0v) is 9.09. The Balaban J connectivity index is 2.38. The maximum absolute atomic E-state index is 11.4. The van der Waals surface area contributed by atoms with E-state index in [9.17, 15) is 13.8 Å². The lowest BCUT2D eigenvalue weighted by molar-refractivity contribution is -0.135. The Kier molecular flexibility index (Phi) is 4.54. The first-order chi connectivity index (χ1) is 7.09. The Labute approximate surface area is 90.1 Å². The van der Waals surface area contributed by atoms with Gasteiger partial charge in [0.15, 0.2) is 0 Å². The molecular formula is C8H14N2O4S. The van der Waals surface area contributed by atoms with Crippen LogP contribution in [0.4, 0.5) is 4.79 Å². The first-order valence-electron chi connectivity index (χ1n) is 4.69. The highest BCUT2D eigenvalue weighted by Gasteiger charge is 2.18. The van der Waals surface area contributed by atoms with Gasteiger partial charge >= 0.3 is 12.0 Å². The molecule has 1 aliphatic heterocycles. The number of nitrogens with one attached hydrogen (secondary N) is 1. The van der Waals surface area contributed by atoms with Crippen LogP contribution in [0.3, 0.4) is 0 Å². The van der Waals surface area contributed by atoms with Crippen LogP contribution in [0.25, 0.3) is 0 Å². The molecule has 0 spiro atoms. The second-order valence-corrected chi connectivity index (χ2v) is 4.94. The molecule has 0 saturated carbocycles. The third-order valence-electron chi connectivity index (χ3n) is 2.07. The standard InChI is InChI=1S/C8H14N2O4S/c11-7(12)6-9-8(13)10-2-1-4-15(14)5-3-10/h1-6H2,(H,9,13)(H,11,12). The van der Waals surface area contributed by atoms with E-state index in [4.69, 9.17) is 5.11 Å². The zero-order valence-electron chi connectivity index (χ0n) is 8.27. The van der Waals surface area contributed by atoms with E-state index >= 15 is 0 Å². The van der Waals surface area contributed by atoms with Crippen molar-refractivity contribution in [3.8, 4) is 0 Å². The fourth-order valence-electron chi connectivity index (χ4n) is 1.31. The molecule has 2 N–H and O–H groups in total. The molecule has 1 rings (SSSR count).